The summed E-state index contributed by atoms with van der Waals surface area (Å²) in [6, 6.07) is 0. The van der Waals surface area contributed by atoms with E-state index in [-0.39, 0.29) is 18.3 Å². The van der Waals surface area contributed by atoms with Gasteiger partial charge in [-0.05, 0) is 18.8 Å². The third-order valence-electron chi connectivity index (χ3n) is 1.96. The Bertz CT molecular complexity index is 237. The fourth-order valence-electron chi connectivity index (χ4n) is 1.32. The molecule has 0 rings (SSSR count). The smallest absolute Gasteiger partial charge is 0.211 e. The summed E-state index contributed by atoms with van der Waals surface area (Å²) in [5.41, 5.74) is 0. The average molecular weight is 237 g/mol. The van der Waals surface area contributed by atoms with Gasteiger partial charge in [-0.2, -0.15) is 0 Å². The Morgan fingerprint density at radius 1 is 1.13 bits per heavy atom. The SMILES string of the molecule is CC(C)CS(=O)(=O)NCCCCCCO. The van der Waals surface area contributed by atoms with E-state index in [2.05, 4.69) is 4.72 Å². The van der Waals surface area contributed by atoms with Gasteiger partial charge in [0.25, 0.3) is 0 Å². The monoisotopic (exact) mass is 237 g/mol. The predicted molar refractivity (Wildman–Crippen MR) is 62.2 cm³/mol. The second-order valence-electron chi connectivity index (χ2n) is 4.21. The van der Waals surface area contributed by atoms with Crippen LogP contribution in [0, 0.1) is 5.92 Å². The molecule has 0 aromatic rings. The Morgan fingerprint density at radius 3 is 2.27 bits per heavy atom. The zero-order chi connectivity index (χ0) is 11.7. The molecule has 0 unspecified atom stereocenters. The van der Waals surface area contributed by atoms with E-state index < -0.39 is 10.0 Å². The highest BCUT2D eigenvalue weighted by molar-refractivity contribution is 7.89. The molecule has 0 fully saturated rings. The van der Waals surface area contributed by atoms with Gasteiger partial charge in [-0.1, -0.05) is 26.7 Å². The first-order valence-corrected chi connectivity index (χ1v) is 7.21. The second-order valence-corrected chi connectivity index (χ2v) is 6.06. The minimum Gasteiger partial charge on any atom is -0.396 e. The number of hydrogen-bond donors (Lipinski definition) is 2. The van der Waals surface area contributed by atoms with E-state index in [0.717, 1.165) is 25.7 Å². The van der Waals surface area contributed by atoms with Crippen LogP contribution < -0.4 is 4.72 Å². The first kappa shape index (κ1) is 14.9. The quantitative estimate of drug-likeness (QED) is 0.590. The van der Waals surface area contributed by atoms with E-state index in [0.29, 0.717) is 6.54 Å². The van der Waals surface area contributed by atoms with E-state index in [1.165, 1.54) is 0 Å². The van der Waals surface area contributed by atoms with Crippen LogP contribution in [-0.2, 0) is 10.0 Å². The summed E-state index contributed by atoms with van der Waals surface area (Å²) in [4.78, 5) is 0. The minimum atomic E-state index is -3.07. The fraction of sp³-hybridized carbons (Fsp3) is 1.00. The van der Waals surface area contributed by atoms with Gasteiger partial charge in [0.1, 0.15) is 0 Å². The highest BCUT2D eigenvalue weighted by Gasteiger charge is 2.11. The summed E-state index contributed by atoms with van der Waals surface area (Å²) >= 11 is 0. The zero-order valence-electron chi connectivity index (χ0n) is 9.70. The van der Waals surface area contributed by atoms with Gasteiger partial charge < -0.3 is 5.11 Å². The molecule has 0 aromatic carbocycles. The maximum Gasteiger partial charge on any atom is 0.211 e. The average Bonchev–Trinajstić information content (AvgIpc) is 2.08. The lowest BCUT2D eigenvalue weighted by Crippen LogP contribution is -2.29. The molecule has 0 saturated carbocycles. The number of nitrogens with one attached hydrogen (secondary N) is 1. The van der Waals surface area contributed by atoms with Gasteiger partial charge in [0.15, 0.2) is 0 Å². The van der Waals surface area contributed by atoms with Crippen LogP contribution in [0.25, 0.3) is 0 Å². The molecule has 0 amide bonds. The maximum absolute atomic E-state index is 11.4. The van der Waals surface area contributed by atoms with Crippen molar-refractivity contribution in [3.63, 3.8) is 0 Å². The molecule has 0 bridgehead atoms. The Hall–Kier alpha value is -0.130. The molecule has 5 heteroatoms. The molecule has 4 nitrogen and oxygen atoms in total. The van der Waals surface area contributed by atoms with Crippen LogP contribution in [0.2, 0.25) is 0 Å². The van der Waals surface area contributed by atoms with E-state index in [1.54, 1.807) is 0 Å². The first-order valence-electron chi connectivity index (χ1n) is 5.56. The van der Waals surface area contributed by atoms with Gasteiger partial charge in [-0.3, -0.25) is 0 Å². The van der Waals surface area contributed by atoms with Gasteiger partial charge in [0.05, 0.1) is 5.75 Å². The summed E-state index contributed by atoms with van der Waals surface area (Å²) in [5, 5.41) is 8.54. The third kappa shape index (κ3) is 10.2. The largest absolute Gasteiger partial charge is 0.396 e. The molecular weight excluding hydrogens is 214 g/mol. The van der Waals surface area contributed by atoms with Crippen molar-refractivity contribution in [3.05, 3.63) is 0 Å². The van der Waals surface area contributed by atoms with Crippen molar-refractivity contribution in [1.82, 2.24) is 4.72 Å². The molecular formula is C10H23NO3S. The summed E-state index contributed by atoms with van der Waals surface area (Å²) in [6.45, 7) is 4.51. The molecule has 0 radical (unpaired) electrons. The van der Waals surface area contributed by atoms with E-state index in [4.69, 9.17) is 5.11 Å². The normalized spacial score (nSPS) is 12.3. The predicted octanol–water partition coefficient (Wildman–Crippen LogP) is 1.11. The van der Waals surface area contributed by atoms with E-state index >= 15 is 0 Å². The van der Waals surface area contributed by atoms with Crippen LogP contribution >= 0.6 is 0 Å². The van der Waals surface area contributed by atoms with Crippen LogP contribution in [0.4, 0.5) is 0 Å². The number of aliphatic hydroxyl groups is 1. The number of rotatable bonds is 9. The molecule has 92 valence electrons. The Labute approximate surface area is 93.1 Å². The topological polar surface area (TPSA) is 66.4 Å². The van der Waals surface area contributed by atoms with Crippen molar-refractivity contribution in [3.8, 4) is 0 Å². The molecule has 0 heterocycles. The fourth-order valence-corrected chi connectivity index (χ4v) is 2.77. The Kier molecular flexibility index (Phi) is 8.00. The van der Waals surface area contributed by atoms with Crippen molar-refractivity contribution in [1.29, 1.82) is 0 Å². The molecule has 0 atom stereocenters. The summed E-state index contributed by atoms with van der Waals surface area (Å²) in [7, 11) is -3.07. The molecule has 0 aliphatic heterocycles. The van der Waals surface area contributed by atoms with Gasteiger partial charge in [-0.25, -0.2) is 13.1 Å². The lowest BCUT2D eigenvalue weighted by molar-refractivity contribution is 0.282. The number of sulfonamides is 1. The highest BCUT2D eigenvalue weighted by atomic mass is 32.2. The zero-order valence-corrected chi connectivity index (χ0v) is 10.5. The van der Waals surface area contributed by atoms with Gasteiger partial charge in [0.2, 0.25) is 10.0 Å². The van der Waals surface area contributed by atoms with Crippen LogP contribution in [0.3, 0.4) is 0 Å². The summed E-state index contributed by atoms with van der Waals surface area (Å²) in [6.07, 6.45) is 3.57. The van der Waals surface area contributed by atoms with Gasteiger partial charge in [0, 0.05) is 13.2 Å². The second kappa shape index (κ2) is 8.07. The molecule has 0 aliphatic carbocycles. The third-order valence-corrected chi connectivity index (χ3v) is 3.71. The van der Waals surface area contributed by atoms with Crippen molar-refractivity contribution in [2.45, 2.75) is 39.5 Å². The molecule has 2 N–H and O–H groups in total. The molecule has 0 spiro atoms. The lowest BCUT2D eigenvalue weighted by atomic mass is 10.2. The Balaban J connectivity index is 3.50. The number of aliphatic hydroxyl groups excluding tert-OH is 1. The van der Waals surface area contributed by atoms with Crippen molar-refractivity contribution in [2.75, 3.05) is 18.9 Å². The van der Waals surface area contributed by atoms with Gasteiger partial charge in [-0.15, -0.1) is 0 Å². The number of hydrogen-bond acceptors (Lipinski definition) is 3. The standard InChI is InChI=1S/C10H23NO3S/c1-10(2)9-15(13,14)11-7-5-3-4-6-8-12/h10-12H,3-9H2,1-2H3. The molecule has 0 saturated heterocycles. The minimum absolute atomic E-state index is 0.164. The van der Waals surface area contributed by atoms with E-state index in [1.807, 2.05) is 13.8 Å². The summed E-state index contributed by atoms with van der Waals surface area (Å²) < 4.78 is 25.3. The first-order chi connectivity index (χ1) is 6.98. The molecule has 15 heavy (non-hydrogen) atoms. The molecule has 0 aliphatic rings. The van der Waals surface area contributed by atoms with Crippen molar-refractivity contribution in [2.24, 2.45) is 5.92 Å². The van der Waals surface area contributed by atoms with Crippen LogP contribution in [0.5, 0.6) is 0 Å². The summed E-state index contributed by atoms with van der Waals surface area (Å²) in [5.74, 6) is 0.362. The van der Waals surface area contributed by atoms with Crippen LogP contribution in [-0.4, -0.2) is 32.4 Å². The van der Waals surface area contributed by atoms with Crippen molar-refractivity contribution >= 4 is 10.0 Å². The van der Waals surface area contributed by atoms with Crippen LogP contribution in [0.15, 0.2) is 0 Å². The van der Waals surface area contributed by atoms with E-state index in [9.17, 15) is 8.42 Å². The van der Waals surface area contributed by atoms with Crippen molar-refractivity contribution < 1.29 is 13.5 Å². The Morgan fingerprint density at radius 2 is 1.73 bits per heavy atom. The van der Waals surface area contributed by atoms with Gasteiger partial charge >= 0.3 is 0 Å². The lowest BCUT2D eigenvalue weighted by Gasteiger charge is -2.08. The molecule has 0 aromatic heterocycles. The number of unbranched alkanes of at least 4 members (excludes halogenated alkanes) is 3. The maximum atomic E-state index is 11.4. The highest BCUT2D eigenvalue weighted by Crippen LogP contribution is 2.00. The van der Waals surface area contributed by atoms with Crippen LogP contribution in [0.1, 0.15) is 39.5 Å².